The van der Waals surface area contributed by atoms with Crippen LogP contribution < -0.4 is 5.32 Å². The molecule has 1 aliphatic carbocycles. The van der Waals surface area contributed by atoms with Crippen LogP contribution in [0.4, 0.5) is 0 Å². The molecule has 1 fully saturated rings. The van der Waals surface area contributed by atoms with Crippen molar-refractivity contribution in [3.05, 3.63) is 28.8 Å². The predicted octanol–water partition coefficient (Wildman–Crippen LogP) is 2.19. The molecule has 0 saturated heterocycles. The molecule has 1 amide bonds. The molecule has 0 atom stereocenters. The van der Waals surface area contributed by atoms with Gasteiger partial charge in [-0.1, -0.05) is 11.6 Å². The van der Waals surface area contributed by atoms with Crippen molar-refractivity contribution < 1.29 is 9.90 Å². The Balaban J connectivity index is 2.00. The van der Waals surface area contributed by atoms with Crippen LogP contribution in [0.1, 0.15) is 23.2 Å². The van der Waals surface area contributed by atoms with Gasteiger partial charge in [0.15, 0.2) is 0 Å². The van der Waals surface area contributed by atoms with Crippen LogP contribution in [0.15, 0.2) is 18.2 Å². The highest BCUT2D eigenvalue weighted by Crippen LogP contribution is 2.28. The van der Waals surface area contributed by atoms with E-state index in [2.05, 4.69) is 5.32 Å². The maximum Gasteiger partial charge on any atom is 0.251 e. The fourth-order valence-corrected chi connectivity index (χ4v) is 1.43. The standard InChI is InChI=1S/C11H12ClNO2/c12-9-4-3-8(5-10(9)14)11(15)13-6-7-1-2-7/h3-5,7,14H,1-2,6H2,(H,13,15). The van der Waals surface area contributed by atoms with Crippen LogP contribution in [0.25, 0.3) is 0 Å². The van der Waals surface area contributed by atoms with Gasteiger partial charge in [0.2, 0.25) is 0 Å². The second-order valence-electron chi connectivity index (χ2n) is 3.82. The second-order valence-corrected chi connectivity index (χ2v) is 4.23. The van der Waals surface area contributed by atoms with Crippen molar-refractivity contribution in [3.8, 4) is 5.75 Å². The molecule has 0 spiro atoms. The Kier molecular flexibility index (Phi) is 2.82. The third kappa shape index (κ3) is 2.63. The van der Waals surface area contributed by atoms with E-state index in [-0.39, 0.29) is 16.7 Å². The number of amides is 1. The van der Waals surface area contributed by atoms with E-state index in [1.54, 1.807) is 6.07 Å². The van der Waals surface area contributed by atoms with Gasteiger partial charge in [0.05, 0.1) is 5.02 Å². The monoisotopic (exact) mass is 225 g/mol. The van der Waals surface area contributed by atoms with Crippen molar-refractivity contribution in [1.29, 1.82) is 0 Å². The van der Waals surface area contributed by atoms with E-state index in [0.29, 0.717) is 11.5 Å². The number of hydrogen-bond donors (Lipinski definition) is 2. The number of hydrogen-bond acceptors (Lipinski definition) is 2. The van der Waals surface area contributed by atoms with Crippen molar-refractivity contribution in [1.82, 2.24) is 5.32 Å². The zero-order valence-corrected chi connectivity index (χ0v) is 8.92. The Hall–Kier alpha value is -1.22. The highest BCUT2D eigenvalue weighted by molar-refractivity contribution is 6.32. The van der Waals surface area contributed by atoms with Crippen molar-refractivity contribution in [2.45, 2.75) is 12.8 Å². The smallest absolute Gasteiger partial charge is 0.251 e. The number of carbonyl (C=O) groups excluding carboxylic acids is 1. The Labute approximate surface area is 93.1 Å². The number of phenols is 1. The van der Waals surface area contributed by atoms with Gasteiger partial charge in [0.1, 0.15) is 5.75 Å². The van der Waals surface area contributed by atoms with E-state index in [9.17, 15) is 9.90 Å². The summed E-state index contributed by atoms with van der Waals surface area (Å²) in [5.41, 5.74) is 0.442. The van der Waals surface area contributed by atoms with E-state index in [0.717, 1.165) is 6.54 Å². The lowest BCUT2D eigenvalue weighted by atomic mass is 10.2. The molecule has 1 aromatic rings. The van der Waals surface area contributed by atoms with Gasteiger partial charge in [-0.25, -0.2) is 0 Å². The van der Waals surface area contributed by atoms with Crippen LogP contribution >= 0.6 is 11.6 Å². The second kappa shape index (κ2) is 4.11. The number of rotatable bonds is 3. The van der Waals surface area contributed by atoms with Crippen molar-refractivity contribution >= 4 is 17.5 Å². The summed E-state index contributed by atoms with van der Waals surface area (Å²) in [6.45, 7) is 0.724. The Morgan fingerprint density at radius 2 is 2.27 bits per heavy atom. The fraction of sp³-hybridized carbons (Fsp3) is 0.364. The van der Waals surface area contributed by atoms with Gasteiger partial charge in [-0.05, 0) is 37.0 Å². The van der Waals surface area contributed by atoms with Crippen LogP contribution in [0.2, 0.25) is 5.02 Å². The van der Waals surface area contributed by atoms with Gasteiger partial charge in [0.25, 0.3) is 5.91 Å². The summed E-state index contributed by atoms with van der Waals surface area (Å²) in [5, 5.41) is 12.4. The molecule has 15 heavy (non-hydrogen) atoms. The molecule has 0 aliphatic heterocycles. The summed E-state index contributed by atoms with van der Waals surface area (Å²) in [7, 11) is 0. The minimum Gasteiger partial charge on any atom is -0.506 e. The highest BCUT2D eigenvalue weighted by Gasteiger charge is 2.21. The molecule has 0 radical (unpaired) electrons. The van der Waals surface area contributed by atoms with Crippen LogP contribution in [-0.4, -0.2) is 17.6 Å². The van der Waals surface area contributed by atoms with Crippen LogP contribution in [0.3, 0.4) is 0 Å². The molecule has 0 unspecified atom stereocenters. The average Bonchev–Trinajstić information content (AvgIpc) is 3.02. The lowest BCUT2D eigenvalue weighted by molar-refractivity contribution is 0.0951. The summed E-state index contributed by atoms with van der Waals surface area (Å²) < 4.78 is 0. The topological polar surface area (TPSA) is 49.3 Å². The van der Waals surface area contributed by atoms with E-state index in [1.165, 1.54) is 25.0 Å². The van der Waals surface area contributed by atoms with Crippen LogP contribution in [-0.2, 0) is 0 Å². The zero-order valence-electron chi connectivity index (χ0n) is 8.16. The molecule has 1 aromatic carbocycles. The first kappa shape index (κ1) is 10.3. The number of halogens is 1. The molecule has 2 N–H and O–H groups in total. The van der Waals surface area contributed by atoms with Crippen LogP contribution in [0.5, 0.6) is 5.75 Å². The number of carbonyl (C=O) groups is 1. The first-order valence-corrected chi connectivity index (χ1v) is 5.31. The fourth-order valence-electron chi connectivity index (χ4n) is 1.31. The molecular formula is C11H12ClNO2. The van der Waals surface area contributed by atoms with Crippen molar-refractivity contribution in [2.24, 2.45) is 5.92 Å². The maximum absolute atomic E-state index is 11.6. The lowest BCUT2D eigenvalue weighted by Crippen LogP contribution is -2.25. The zero-order chi connectivity index (χ0) is 10.8. The molecule has 0 bridgehead atoms. The molecule has 1 saturated carbocycles. The van der Waals surface area contributed by atoms with E-state index in [4.69, 9.17) is 11.6 Å². The van der Waals surface area contributed by atoms with Gasteiger partial charge >= 0.3 is 0 Å². The Morgan fingerprint density at radius 3 is 2.87 bits per heavy atom. The minimum atomic E-state index is -0.158. The molecule has 2 rings (SSSR count). The van der Waals surface area contributed by atoms with Gasteiger partial charge in [-0.2, -0.15) is 0 Å². The van der Waals surface area contributed by atoms with E-state index in [1.807, 2.05) is 0 Å². The van der Waals surface area contributed by atoms with Crippen molar-refractivity contribution in [2.75, 3.05) is 6.54 Å². The number of aromatic hydroxyl groups is 1. The molecule has 0 heterocycles. The van der Waals surface area contributed by atoms with E-state index < -0.39 is 0 Å². The third-order valence-corrected chi connectivity index (χ3v) is 2.78. The van der Waals surface area contributed by atoms with Gasteiger partial charge in [-0.3, -0.25) is 4.79 Å². The number of nitrogens with one attached hydrogen (secondary N) is 1. The Morgan fingerprint density at radius 1 is 1.53 bits per heavy atom. The third-order valence-electron chi connectivity index (χ3n) is 2.46. The van der Waals surface area contributed by atoms with Crippen LogP contribution in [0, 0.1) is 5.92 Å². The average molecular weight is 226 g/mol. The van der Waals surface area contributed by atoms with E-state index >= 15 is 0 Å². The summed E-state index contributed by atoms with van der Waals surface area (Å²) in [6.07, 6.45) is 2.40. The molecule has 80 valence electrons. The molecule has 4 heteroatoms. The normalized spacial score (nSPS) is 15.0. The summed E-state index contributed by atoms with van der Waals surface area (Å²) in [6, 6.07) is 4.50. The van der Waals surface area contributed by atoms with Crippen molar-refractivity contribution in [3.63, 3.8) is 0 Å². The predicted molar refractivity (Wildman–Crippen MR) is 58.2 cm³/mol. The first-order valence-electron chi connectivity index (χ1n) is 4.93. The first-order chi connectivity index (χ1) is 7.16. The number of benzene rings is 1. The summed E-state index contributed by atoms with van der Waals surface area (Å²) in [5.74, 6) is 0.430. The van der Waals surface area contributed by atoms with Gasteiger partial charge < -0.3 is 10.4 Å². The lowest BCUT2D eigenvalue weighted by Gasteiger charge is -2.04. The maximum atomic E-state index is 11.6. The molecular weight excluding hydrogens is 214 g/mol. The van der Waals surface area contributed by atoms with Gasteiger partial charge in [-0.15, -0.1) is 0 Å². The van der Waals surface area contributed by atoms with Gasteiger partial charge in [0, 0.05) is 12.1 Å². The minimum absolute atomic E-state index is 0.0595. The summed E-state index contributed by atoms with van der Waals surface area (Å²) >= 11 is 5.64. The highest BCUT2D eigenvalue weighted by atomic mass is 35.5. The molecule has 3 nitrogen and oxygen atoms in total. The quantitative estimate of drug-likeness (QED) is 0.829. The molecule has 0 aromatic heterocycles. The summed E-state index contributed by atoms with van der Waals surface area (Å²) in [4.78, 5) is 11.6. The Bertz CT molecular complexity index is 388. The molecule has 1 aliphatic rings. The number of phenolic OH excluding ortho intramolecular Hbond substituents is 1. The largest absolute Gasteiger partial charge is 0.506 e. The SMILES string of the molecule is O=C(NCC1CC1)c1ccc(Cl)c(O)c1.